The van der Waals surface area contributed by atoms with Gasteiger partial charge in [-0.2, -0.15) is 13.9 Å². The topological polar surface area (TPSA) is 56.1 Å². The Morgan fingerprint density at radius 3 is 2.75 bits per heavy atom. The molecule has 2 rings (SSSR count). The summed E-state index contributed by atoms with van der Waals surface area (Å²) < 4.78 is 30.4. The van der Waals surface area contributed by atoms with Crippen molar-refractivity contribution in [3.63, 3.8) is 0 Å². The van der Waals surface area contributed by atoms with Crippen LogP contribution in [0.5, 0.6) is 5.75 Å². The number of alkyl halides is 2. The van der Waals surface area contributed by atoms with Crippen molar-refractivity contribution in [1.82, 2.24) is 9.78 Å². The number of carbonyl (C=O) groups is 1. The van der Waals surface area contributed by atoms with Crippen LogP contribution in [-0.4, -0.2) is 22.3 Å². The van der Waals surface area contributed by atoms with Crippen LogP contribution in [0.2, 0.25) is 0 Å². The van der Waals surface area contributed by atoms with Gasteiger partial charge in [0.15, 0.2) is 0 Å². The van der Waals surface area contributed by atoms with Crippen LogP contribution in [0.1, 0.15) is 16.1 Å². The molecule has 1 aromatic heterocycles. The van der Waals surface area contributed by atoms with Crippen molar-refractivity contribution >= 4 is 11.6 Å². The fourth-order valence-electron chi connectivity index (χ4n) is 1.72. The van der Waals surface area contributed by atoms with Crippen molar-refractivity contribution in [2.45, 2.75) is 13.5 Å². The van der Waals surface area contributed by atoms with Crippen LogP contribution >= 0.6 is 0 Å². The molecule has 20 heavy (non-hydrogen) atoms. The second kappa shape index (κ2) is 5.68. The van der Waals surface area contributed by atoms with E-state index in [1.54, 1.807) is 26.1 Å². The average molecular weight is 281 g/mol. The molecule has 0 saturated carbocycles. The molecule has 0 fully saturated rings. The lowest BCUT2D eigenvalue weighted by Gasteiger charge is -2.12. The third kappa shape index (κ3) is 3.11. The molecule has 1 amide bonds. The van der Waals surface area contributed by atoms with Crippen LogP contribution in [0, 0.1) is 6.92 Å². The number of aromatic nitrogens is 2. The number of amides is 1. The Kier molecular flexibility index (Phi) is 3.97. The maximum Gasteiger partial charge on any atom is 0.387 e. The van der Waals surface area contributed by atoms with Gasteiger partial charge in [0.25, 0.3) is 5.91 Å². The zero-order chi connectivity index (χ0) is 14.7. The van der Waals surface area contributed by atoms with E-state index in [1.165, 1.54) is 23.0 Å². The molecule has 0 atom stereocenters. The Morgan fingerprint density at radius 2 is 2.15 bits per heavy atom. The van der Waals surface area contributed by atoms with Gasteiger partial charge in [-0.25, -0.2) is 0 Å². The van der Waals surface area contributed by atoms with Gasteiger partial charge in [-0.1, -0.05) is 6.07 Å². The summed E-state index contributed by atoms with van der Waals surface area (Å²) in [6.07, 6.45) is 1.47. The number of ether oxygens (including phenoxy) is 1. The third-order valence-electron chi connectivity index (χ3n) is 2.65. The standard InChI is InChI=1S/C13H13F2N3O2/c1-8-3-4-11(20-13(14)15)9(7-8)17-12(19)10-5-6-16-18(10)2/h3-7,13H,1-2H3,(H,17,19). The number of anilines is 1. The van der Waals surface area contributed by atoms with Crippen molar-refractivity contribution < 1.29 is 18.3 Å². The SMILES string of the molecule is Cc1ccc(OC(F)F)c(NC(=O)c2ccnn2C)c1. The number of halogens is 2. The fourth-order valence-corrected chi connectivity index (χ4v) is 1.72. The van der Waals surface area contributed by atoms with E-state index in [4.69, 9.17) is 0 Å². The van der Waals surface area contributed by atoms with Crippen molar-refractivity contribution in [2.24, 2.45) is 7.05 Å². The molecule has 5 nitrogen and oxygen atoms in total. The molecule has 0 unspecified atom stereocenters. The zero-order valence-corrected chi connectivity index (χ0v) is 10.9. The molecular weight excluding hydrogens is 268 g/mol. The van der Waals surface area contributed by atoms with Gasteiger partial charge in [0.2, 0.25) is 0 Å². The van der Waals surface area contributed by atoms with E-state index in [-0.39, 0.29) is 11.4 Å². The minimum Gasteiger partial charge on any atom is -0.433 e. The molecule has 0 bridgehead atoms. The summed E-state index contributed by atoms with van der Waals surface area (Å²) in [6, 6.07) is 6.10. The van der Waals surface area contributed by atoms with Gasteiger partial charge in [0.1, 0.15) is 11.4 Å². The van der Waals surface area contributed by atoms with E-state index in [0.29, 0.717) is 5.69 Å². The highest BCUT2D eigenvalue weighted by molar-refractivity contribution is 6.03. The van der Waals surface area contributed by atoms with E-state index >= 15 is 0 Å². The van der Waals surface area contributed by atoms with Crippen LogP contribution in [0.15, 0.2) is 30.5 Å². The van der Waals surface area contributed by atoms with Crippen molar-refractivity contribution in [3.05, 3.63) is 41.7 Å². The molecule has 0 radical (unpaired) electrons. The molecule has 7 heteroatoms. The monoisotopic (exact) mass is 281 g/mol. The first kappa shape index (κ1) is 14.0. The molecule has 0 aliphatic heterocycles. The van der Waals surface area contributed by atoms with Crippen LogP contribution in [0.3, 0.4) is 0 Å². The maximum atomic E-state index is 12.3. The maximum absolute atomic E-state index is 12.3. The minimum absolute atomic E-state index is 0.0823. The van der Waals surface area contributed by atoms with E-state index in [2.05, 4.69) is 15.2 Å². The second-order valence-corrected chi connectivity index (χ2v) is 4.17. The first-order valence-corrected chi connectivity index (χ1v) is 5.82. The number of carbonyl (C=O) groups excluding carboxylic acids is 1. The fraction of sp³-hybridized carbons (Fsp3) is 0.231. The molecule has 1 N–H and O–H groups in total. The van der Waals surface area contributed by atoms with Crippen LogP contribution in [0.4, 0.5) is 14.5 Å². The van der Waals surface area contributed by atoms with E-state index in [0.717, 1.165) is 5.56 Å². The van der Waals surface area contributed by atoms with E-state index in [1.807, 2.05) is 0 Å². The second-order valence-electron chi connectivity index (χ2n) is 4.17. The molecule has 0 aliphatic carbocycles. The van der Waals surface area contributed by atoms with Gasteiger partial charge in [0, 0.05) is 13.2 Å². The summed E-state index contributed by atoms with van der Waals surface area (Å²) in [5.74, 6) is -0.532. The molecule has 0 aliphatic rings. The minimum atomic E-state index is -2.95. The summed E-state index contributed by atoms with van der Waals surface area (Å²) in [4.78, 5) is 12.0. The molecule has 2 aromatic rings. The normalized spacial score (nSPS) is 10.7. The molecule has 1 heterocycles. The third-order valence-corrected chi connectivity index (χ3v) is 2.65. The number of nitrogens with one attached hydrogen (secondary N) is 1. The predicted octanol–water partition coefficient (Wildman–Crippen LogP) is 2.58. The Morgan fingerprint density at radius 1 is 1.40 bits per heavy atom. The molecular formula is C13H13F2N3O2. The van der Waals surface area contributed by atoms with Gasteiger partial charge in [-0.15, -0.1) is 0 Å². The average Bonchev–Trinajstić information content (AvgIpc) is 2.78. The van der Waals surface area contributed by atoms with Gasteiger partial charge in [-0.05, 0) is 30.7 Å². The van der Waals surface area contributed by atoms with Crippen LogP contribution in [-0.2, 0) is 7.05 Å². The summed E-state index contributed by atoms with van der Waals surface area (Å²) in [5.41, 5.74) is 1.32. The number of nitrogens with zero attached hydrogens (tertiary/aromatic N) is 2. The van der Waals surface area contributed by atoms with Gasteiger partial charge >= 0.3 is 6.61 Å². The number of benzene rings is 1. The van der Waals surface area contributed by atoms with Crippen LogP contribution < -0.4 is 10.1 Å². The smallest absolute Gasteiger partial charge is 0.387 e. The first-order valence-electron chi connectivity index (χ1n) is 5.82. The van der Waals surface area contributed by atoms with E-state index in [9.17, 15) is 13.6 Å². The molecule has 106 valence electrons. The quantitative estimate of drug-likeness (QED) is 0.937. The Bertz CT molecular complexity index is 626. The number of hydrogen-bond donors (Lipinski definition) is 1. The van der Waals surface area contributed by atoms with Gasteiger partial charge in [0.05, 0.1) is 5.69 Å². The first-order chi connectivity index (χ1) is 9.47. The highest BCUT2D eigenvalue weighted by Gasteiger charge is 2.15. The van der Waals surface area contributed by atoms with Crippen molar-refractivity contribution in [3.8, 4) is 5.75 Å². The number of rotatable bonds is 4. The van der Waals surface area contributed by atoms with Crippen LogP contribution in [0.25, 0.3) is 0 Å². The summed E-state index contributed by atoms with van der Waals surface area (Å²) in [7, 11) is 1.61. The summed E-state index contributed by atoms with van der Waals surface area (Å²) in [5, 5.41) is 6.41. The van der Waals surface area contributed by atoms with Crippen molar-refractivity contribution in [2.75, 3.05) is 5.32 Å². The molecule has 1 aromatic carbocycles. The number of aryl methyl sites for hydroxylation is 2. The largest absolute Gasteiger partial charge is 0.433 e. The van der Waals surface area contributed by atoms with Crippen molar-refractivity contribution in [1.29, 1.82) is 0 Å². The molecule has 0 saturated heterocycles. The number of hydrogen-bond acceptors (Lipinski definition) is 3. The Balaban J connectivity index is 2.26. The summed E-state index contributed by atoms with van der Waals surface area (Å²) in [6.45, 7) is -1.17. The van der Waals surface area contributed by atoms with Gasteiger partial charge in [-0.3, -0.25) is 9.48 Å². The zero-order valence-electron chi connectivity index (χ0n) is 10.9. The lowest BCUT2D eigenvalue weighted by molar-refractivity contribution is -0.0493. The highest BCUT2D eigenvalue weighted by Crippen LogP contribution is 2.27. The summed E-state index contributed by atoms with van der Waals surface area (Å²) >= 11 is 0. The van der Waals surface area contributed by atoms with Gasteiger partial charge < -0.3 is 10.1 Å². The lowest BCUT2D eigenvalue weighted by Crippen LogP contribution is -2.17. The Labute approximate surface area is 114 Å². The van der Waals surface area contributed by atoms with E-state index < -0.39 is 12.5 Å². The predicted molar refractivity (Wildman–Crippen MR) is 69.0 cm³/mol. The molecule has 0 spiro atoms. The Hall–Kier alpha value is -2.44. The lowest BCUT2D eigenvalue weighted by atomic mass is 10.2. The highest BCUT2D eigenvalue weighted by atomic mass is 19.3.